The average molecular weight is 331 g/mol. The molecule has 1 N–H and O–H groups in total. The Morgan fingerprint density at radius 3 is 2.44 bits per heavy atom. The molecule has 0 saturated heterocycles. The van der Waals surface area contributed by atoms with Gasteiger partial charge in [-0.2, -0.15) is 10.5 Å². The number of benzene rings is 2. The van der Waals surface area contributed by atoms with Crippen LogP contribution in [0.5, 0.6) is 11.5 Å². The number of anilines is 1. The zero-order valence-corrected chi connectivity index (χ0v) is 13.2. The van der Waals surface area contributed by atoms with Gasteiger partial charge >= 0.3 is 0 Å². The fraction of sp³-hybridized carbons (Fsp3) is 0.105. The van der Waals surface area contributed by atoms with E-state index in [0.717, 1.165) is 0 Å². The number of hydrogen-bond acceptors (Lipinski definition) is 5. The van der Waals surface area contributed by atoms with Crippen LogP contribution < -0.4 is 14.8 Å². The van der Waals surface area contributed by atoms with Crippen molar-refractivity contribution in [2.24, 2.45) is 0 Å². The lowest BCUT2D eigenvalue weighted by Crippen LogP contribution is -2.17. The third-order valence-corrected chi connectivity index (χ3v) is 3.52. The minimum atomic E-state index is -0.525. The number of fused-ring (bicyclic) bond motifs is 1. The molecule has 2 aromatic carbocycles. The summed E-state index contributed by atoms with van der Waals surface area (Å²) in [6.07, 6.45) is 1.47. The molecule has 0 aliphatic carbocycles. The maximum atomic E-state index is 12.3. The Hall–Kier alpha value is -3.77. The highest BCUT2D eigenvalue weighted by atomic mass is 16.6. The van der Waals surface area contributed by atoms with E-state index >= 15 is 0 Å². The molecule has 0 aromatic heterocycles. The summed E-state index contributed by atoms with van der Waals surface area (Å²) in [7, 11) is 0. The average Bonchev–Trinajstić information content (AvgIpc) is 2.66. The lowest BCUT2D eigenvalue weighted by molar-refractivity contribution is -0.112. The van der Waals surface area contributed by atoms with E-state index in [0.29, 0.717) is 41.5 Å². The SMILES string of the molecule is N#CC(=Cc1ccc(C#N)cc1)C(=O)Nc1ccc2c(c1)OCCO2. The van der Waals surface area contributed by atoms with E-state index in [1.54, 1.807) is 42.5 Å². The topological polar surface area (TPSA) is 95.1 Å². The van der Waals surface area contributed by atoms with Crippen LogP contribution in [0.2, 0.25) is 0 Å². The number of nitrogens with zero attached hydrogens (tertiary/aromatic N) is 2. The van der Waals surface area contributed by atoms with Crippen LogP contribution in [-0.2, 0) is 4.79 Å². The van der Waals surface area contributed by atoms with E-state index in [-0.39, 0.29) is 5.57 Å². The molecule has 3 rings (SSSR count). The van der Waals surface area contributed by atoms with Crippen molar-refractivity contribution in [2.75, 3.05) is 18.5 Å². The molecule has 25 heavy (non-hydrogen) atoms. The quantitative estimate of drug-likeness (QED) is 0.689. The first-order valence-corrected chi connectivity index (χ1v) is 7.52. The Bertz CT molecular complexity index is 918. The summed E-state index contributed by atoms with van der Waals surface area (Å²) in [5.74, 6) is 0.653. The van der Waals surface area contributed by atoms with Crippen molar-refractivity contribution >= 4 is 17.7 Å². The van der Waals surface area contributed by atoms with Crippen molar-refractivity contribution < 1.29 is 14.3 Å². The van der Waals surface area contributed by atoms with E-state index < -0.39 is 5.91 Å². The lowest BCUT2D eigenvalue weighted by atomic mass is 10.1. The lowest BCUT2D eigenvalue weighted by Gasteiger charge is -2.18. The molecule has 2 aromatic rings. The molecule has 0 atom stereocenters. The van der Waals surface area contributed by atoms with Crippen molar-refractivity contribution in [1.82, 2.24) is 0 Å². The van der Waals surface area contributed by atoms with Crippen LogP contribution in [0.25, 0.3) is 6.08 Å². The first kappa shape index (κ1) is 16.1. The second-order valence-corrected chi connectivity index (χ2v) is 5.22. The van der Waals surface area contributed by atoms with Gasteiger partial charge in [-0.1, -0.05) is 12.1 Å². The molecule has 0 saturated carbocycles. The van der Waals surface area contributed by atoms with E-state index in [9.17, 15) is 10.1 Å². The molecule has 1 aliphatic heterocycles. The third kappa shape index (κ3) is 3.77. The van der Waals surface area contributed by atoms with Crippen LogP contribution in [0, 0.1) is 22.7 Å². The van der Waals surface area contributed by atoms with E-state index in [4.69, 9.17) is 14.7 Å². The molecule has 0 radical (unpaired) electrons. The maximum Gasteiger partial charge on any atom is 0.266 e. The fourth-order valence-corrected chi connectivity index (χ4v) is 2.29. The summed E-state index contributed by atoms with van der Waals surface area (Å²) in [5.41, 5.74) is 1.64. The molecule has 0 spiro atoms. The number of carbonyl (C=O) groups is 1. The molecule has 1 heterocycles. The number of ether oxygens (including phenoxy) is 2. The van der Waals surface area contributed by atoms with Gasteiger partial charge < -0.3 is 14.8 Å². The molecule has 1 aliphatic rings. The van der Waals surface area contributed by atoms with Crippen molar-refractivity contribution in [3.05, 3.63) is 59.2 Å². The first-order chi connectivity index (χ1) is 12.2. The second kappa shape index (κ2) is 7.20. The van der Waals surface area contributed by atoms with Crippen LogP contribution >= 0.6 is 0 Å². The number of nitriles is 2. The van der Waals surface area contributed by atoms with Gasteiger partial charge in [0, 0.05) is 11.8 Å². The van der Waals surface area contributed by atoms with Gasteiger partial charge in [0.25, 0.3) is 5.91 Å². The van der Waals surface area contributed by atoms with Crippen LogP contribution in [0.1, 0.15) is 11.1 Å². The maximum absolute atomic E-state index is 12.3. The van der Waals surface area contributed by atoms with Crippen LogP contribution in [-0.4, -0.2) is 19.1 Å². The Kier molecular flexibility index (Phi) is 4.64. The Morgan fingerprint density at radius 2 is 1.76 bits per heavy atom. The van der Waals surface area contributed by atoms with Gasteiger partial charge in [0.15, 0.2) is 11.5 Å². The van der Waals surface area contributed by atoms with Gasteiger partial charge in [0.05, 0.1) is 11.6 Å². The first-order valence-electron chi connectivity index (χ1n) is 7.52. The van der Waals surface area contributed by atoms with Crippen LogP contribution in [0.15, 0.2) is 48.0 Å². The summed E-state index contributed by atoms with van der Waals surface area (Å²) in [6, 6.07) is 15.5. The smallest absolute Gasteiger partial charge is 0.266 e. The zero-order valence-electron chi connectivity index (χ0n) is 13.2. The highest BCUT2D eigenvalue weighted by Gasteiger charge is 2.14. The molecule has 6 nitrogen and oxygen atoms in total. The minimum absolute atomic E-state index is 0.0420. The molecule has 1 amide bonds. The summed E-state index contributed by atoms with van der Waals surface area (Å²) in [5, 5.41) is 20.7. The second-order valence-electron chi connectivity index (χ2n) is 5.22. The van der Waals surface area contributed by atoms with Gasteiger partial charge in [0.1, 0.15) is 24.9 Å². The number of rotatable bonds is 3. The van der Waals surface area contributed by atoms with Crippen molar-refractivity contribution in [3.8, 4) is 23.6 Å². The van der Waals surface area contributed by atoms with Gasteiger partial charge in [-0.15, -0.1) is 0 Å². The number of amides is 1. The Morgan fingerprint density at radius 1 is 1.04 bits per heavy atom. The number of carbonyl (C=O) groups excluding carboxylic acids is 1. The van der Waals surface area contributed by atoms with Crippen LogP contribution in [0.3, 0.4) is 0 Å². The van der Waals surface area contributed by atoms with Gasteiger partial charge in [-0.25, -0.2) is 0 Å². The molecule has 0 fully saturated rings. The summed E-state index contributed by atoms with van der Waals surface area (Å²) in [6.45, 7) is 0.942. The van der Waals surface area contributed by atoms with Crippen molar-refractivity contribution in [2.45, 2.75) is 0 Å². The van der Waals surface area contributed by atoms with Gasteiger partial charge in [-0.05, 0) is 35.9 Å². The Labute approximate surface area is 144 Å². The van der Waals surface area contributed by atoms with Crippen molar-refractivity contribution in [3.63, 3.8) is 0 Å². The van der Waals surface area contributed by atoms with Gasteiger partial charge in [0.2, 0.25) is 0 Å². The minimum Gasteiger partial charge on any atom is -0.486 e. The summed E-state index contributed by atoms with van der Waals surface area (Å²) >= 11 is 0. The number of nitrogens with one attached hydrogen (secondary N) is 1. The largest absolute Gasteiger partial charge is 0.486 e. The standard InChI is InChI=1S/C19H13N3O3/c20-11-14-3-1-13(2-4-14)9-15(12-21)19(23)22-16-5-6-17-18(10-16)25-8-7-24-17/h1-6,9-10H,7-8H2,(H,22,23). The van der Waals surface area contributed by atoms with E-state index in [1.165, 1.54) is 6.08 Å². The van der Waals surface area contributed by atoms with Gasteiger partial charge in [-0.3, -0.25) is 4.79 Å². The third-order valence-electron chi connectivity index (χ3n) is 3.52. The molecule has 0 bridgehead atoms. The molecular weight excluding hydrogens is 318 g/mol. The molecular formula is C19H13N3O3. The summed E-state index contributed by atoms with van der Waals surface area (Å²) in [4.78, 5) is 12.3. The van der Waals surface area contributed by atoms with E-state index in [1.807, 2.05) is 12.1 Å². The summed E-state index contributed by atoms with van der Waals surface area (Å²) < 4.78 is 10.9. The zero-order chi connectivity index (χ0) is 17.6. The molecule has 122 valence electrons. The highest BCUT2D eigenvalue weighted by molar-refractivity contribution is 6.09. The predicted molar refractivity (Wildman–Crippen MR) is 90.8 cm³/mol. The predicted octanol–water partition coefficient (Wildman–Crippen LogP) is 2.88. The molecule has 0 unspecified atom stereocenters. The fourth-order valence-electron chi connectivity index (χ4n) is 2.29. The normalized spacial score (nSPS) is 12.6. The Balaban J connectivity index is 1.77. The monoisotopic (exact) mass is 331 g/mol. The van der Waals surface area contributed by atoms with Crippen LogP contribution in [0.4, 0.5) is 5.69 Å². The van der Waals surface area contributed by atoms with Crippen molar-refractivity contribution in [1.29, 1.82) is 10.5 Å². The number of hydrogen-bond donors (Lipinski definition) is 1. The van der Waals surface area contributed by atoms with E-state index in [2.05, 4.69) is 5.32 Å². The molecule has 6 heteroatoms. The highest BCUT2D eigenvalue weighted by Crippen LogP contribution is 2.32.